The van der Waals surface area contributed by atoms with E-state index in [2.05, 4.69) is 4.74 Å². The molecule has 0 aliphatic rings. The van der Waals surface area contributed by atoms with Gasteiger partial charge in [-0.3, -0.25) is 14.9 Å². The number of carbonyl (C=O) groups is 1. The van der Waals surface area contributed by atoms with Gasteiger partial charge in [0, 0.05) is 23.1 Å². The van der Waals surface area contributed by atoms with Gasteiger partial charge in [-0.15, -0.1) is 0 Å². The molecule has 1 atom stereocenters. The molecule has 1 aromatic carbocycles. The van der Waals surface area contributed by atoms with Crippen molar-refractivity contribution in [3.8, 4) is 0 Å². The van der Waals surface area contributed by atoms with Gasteiger partial charge in [0.1, 0.15) is 0 Å². The fourth-order valence-electron chi connectivity index (χ4n) is 1.38. The Kier molecular flexibility index (Phi) is 5.64. The van der Waals surface area contributed by atoms with E-state index in [1.54, 1.807) is 23.9 Å². The Morgan fingerprint density at radius 1 is 1.56 bits per heavy atom. The van der Waals surface area contributed by atoms with Gasteiger partial charge >= 0.3 is 5.97 Å². The van der Waals surface area contributed by atoms with E-state index >= 15 is 0 Å². The Morgan fingerprint density at radius 2 is 2.28 bits per heavy atom. The molecule has 1 unspecified atom stereocenters. The minimum atomic E-state index is -0.411. The highest BCUT2D eigenvalue weighted by Gasteiger charge is 2.11. The molecule has 0 saturated carbocycles. The Bertz CT molecular complexity index is 436. The van der Waals surface area contributed by atoms with Crippen molar-refractivity contribution >= 4 is 23.4 Å². The number of nitro groups is 1. The fraction of sp³-hybridized carbons (Fsp3) is 0.417. The van der Waals surface area contributed by atoms with Crippen LogP contribution >= 0.6 is 11.8 Å². The molecule has 5 nitrogen and oxygen atoms in total. The van der Waals surface area contributed by atoms with E-state index in [0.717, 1.165) is 5.56 Å². The first kappa shape index (κ1) is 14.5. The number of nitrogens with zero attached hydrogens (tertiary/aromatic N) is 1. The highest BCUT2D eigenvalue weighted by Crippen LogP contribution is 2.22. The first-order valence-electron chi connectivity index (χ1n) is 5.44. The quantitative estimate of drug-likeness (QED) is 0.451. The molecule has 0 bridgehead atoms. The highest BCUT2D eigenvalue weighted by atomic mass is 32.2. The van der Waals surface area contributed by atoms with E-state index < -0.39 is 4.92 Å². The lowest BCUT2D eigenvalue weighted by Gasteiger charge is -2.09. The van der Waals surface area contributed by atoms with Gasteiger partial charge in [-0.2, -0.15) is 11.8 Å². The van der Waals surface area contributed by atoms with Crippen molar-refractivity contribution in [2.75, 3.05) is 7.11 Å². The van der Waals surface area contributed by atoms with E-state index in [-0.39, 0.29) is 16.9 Å². The number of benzene rings is 1. The zero-order chi connectivity index (χ0) is 13.5. The Morgan fingerprint density at radius 3 is 2.89 bits per heavy atom. The monoisotopic (exact) mass is 269 g/mol. The molecule has 98 valence electrons. The van der Waals surface area contributed by atoms with E-state index in [4.69, 9.17) is 0 Å². The van der Waals surface area contributed by atoms with Gasteiger partial charge in [0.05, 0.1) is 18.5 Å². The first-order valence-corrected chi connectivity index (χ1v) is 6.49. The highest BCUT2D eigenvalue weighted by molar-refractivity contribution is 7.99. The van der Waals surface area contributed by atoms with Crippen molar-refractivity contribution in [3.63, 3.8) is 0 Å². The van der Waals surface area contributed by atoms with E-state index in [0.29, 0.717) is 12.2 Å². The van der Waals surface area contributed by atoms with Crippen LogP contribution in [0.3, 0.4) is 0 Å². The lowest BCUT2D eigenvalue weighted by molar-refractivity contribution is -0.384. The van der Waals surface area contributed by atoms with Crippen LogP contribution in [-0.4, -0.2) is 23.3 Å². The van der Waals surface area contributed by atoms with Crippen LogP contribution in [0.2, 0.25) is 0 Å². The number of rotatable bonds is 6. The van der Waals surface area contributed by atoms with Gasteiger partial charge in [0.15, 0.2) is 0 Å². The van der Waals surface area contributed by atoms with E-state index in [9.17, 15) is 14.9 Å². The van der Waals surface area contributed by atoms with Gasteiger partial charge in [0.2, 0.25) is 0 Å². The molecule has 18 heavy (non-hydrogen) atoms. The zero-order valence-electron chi connectivity index (χ0n) is 10.3. The third-order valence-corrected chi connectivity index (χ3v) is 3.57. The average Bonchev–Trinajstić information content (AvgIpc) is 2.36. The average molecular weight is 269 g/mol. The van der Waals surface area contributed by atoms with Crippen molar-refractivity contribution < 1.29 is 14.5 Å². The molecule has 0 spiro atoms. The molecule has 0 radical (unpaired) electrons. The SMILES string of the molecule is COC(=O)CC(C)SCc1cccc([N+](=O)[O-])c1. The minimum absolute atomic E-state index is 0.0914. The molecule has 0 aliphatic heterocycles. The maximum absolute atomic E-state index is 11.1. The smallest absolute Gasteiger partial charge is 0.306 e. The Balaban J connectivity index is 2.50. The summed E-state index contributed by atoms with van der Waals surface area (Å²) in [5.41, 5.74) is 0.972. The number of hydrogen-bond acceptors (Lipinski definition) is 5. The third kappa shape index (κ3) is 4.75. The number of thioether (sulfide) groups is 1. The lowest BCUT2D eigenvalue weighted by atomic mass is 10.2. The summed E-state index contributed by atoms with van der Waals surface area (Å²) < 4.78 is 4.58. The van der Waals surface area contributed by atoms with Crippen molar-refractivity contribution in [1.29, 1.82) is 0 Å². The Labute approximate surface area is 110 Å². The third-order valence-electron chi connectivity index (χ3n) is 2.34. The van der Waals surface area contributed by atoms with Crippen LogP contribution in [0, 0.1) is 10.1 Å². The predicted molar refractivity (Wildman–Crippen MR) is 70.5 cm³/mol. The van der Waals surface area contributed by atoms with Gasteiger partial charge < -0.3 is 4.74 Å². The van der Waals surface area contributed by atoms with Gasteiger partial charge in [-0.05, 0) is 5.56 Å². The number of non-ortho nitro benzene ring substituents is 1. The molecule has 0 amide bonds. The maximum atomic E-state index is 11.1. The second-order valence-corrected chi connectivity index (χ2v) is 5.26. The molecule has 0 saturated heterocycles. The van der Waals surface area contributed by atoms with Crippen molar-refractivity contribution in [3.05, 3.63) is 39.9 Å². The van der Waals surface area contributed by atoms with Crippen LogP contribution in [0.25, 0.3) is 0 Å². The molecular formula is C12H15NO4S. The molecule has 0 N–H and O–H groups in total. The number of nitro benzene ring substituents is 1. The first-order chi connectivity index (χ1) is 8.52. The topological polar surface area (TPSA) is 69.4 Å². The van der Waals surface area contributed by atoms with Gasteiger partial charge in [-0.1, -0.05) is 19.1 Å². The number of carbonyl (C=O) groups excluding carboxylic acids is 1. The number of hydrogen-bond donors (Lipinski definition) is 0. The minimum Gasteiger partial charge on any atom is -0.469 e. The van der Waals surface area contributed by atoms with E-state index in [1.807, 2.05) is 13.0 Å². The van der Waals surface area contributed by atoms with Crippen LogP contribution in [0.15, 0.2) is 24.3 Å². The van der Waals surface area contributed by atoms with Crippen molar-refractivity contribution in [2.45, 2.75) is 24.3 Å². The summed E-state index contributed by atoms with van der Waals surface area (Å²) >= 11 is 1.57. The molecule has 1 rings (SSSR count). The second-order valence-electron chi connectivity index (χ2n) is 3.83. The van der Waals surface area contributed by atoms with Crippen LogP contribution in [0.4, 0.5) is 5.69 Å². The maximum Gasteiger partial charge on any atom is 0.306 e. The summed E-state index contributed by atoms with van der Waals surface area (Å²) in [5.74, 6) is 0.397. The summed E-state index contributed by atoms with van der Waals surface area (Å²) in [4.78, 5) is 21.3. The molecule has 0 heterocycles. The van der Waals surface area contributed by atoms with Crippen LogP contribution in [0.5, 0.6) is 0 Å². The van der Waals surface area contributed by atoms with Gasteiger partial charge in [-0.25, -0.2) is 0 Å². The van der Waals surface area contributed by atoms with Crippen molar-refractivity contribution in [2.24, 2.45) is 0 Å². The standard InChI is InChI=1S/C12H15NO4S/c1-9(6-12(14)17-2)18-8-10-4-3-5-11(7-10)13(15)16/h3-5,7,9H,6,8H2,1-2H3. The molecule has 0 aromatic heterocycles. The molecule has 1 aromatic rings. The Hall–Kier alpha value is -1.56. The molecule has 6 heteroatoms. The van der Waals surface area contributed by atoms with Crippen molar-refractivity contribution in [1.82, 2.24) is 0 Å². The lowest BCUT2D eigenvalue weighted by Crippen LogP contribution is -2.08. The number of methoxy groups -OCH3 is 1. The molecule has 0 aliphatic carbocycles. The molecule has 0 fully saturated rings. The summed E-state index contributed by atoms with van der Waals surface area (Å²) in [5, 5.41) is 10.7. The van der Waals surface area contributed by atoms with Crippen LogP contribution < -0.4 is 0 Å². The summed E-state index contributed by atoms with van der Waals surface area (Å²) in [6.45, 7) is 1.93. The van der Waals surface area contributed by atoms with Crippen LogP contribution in [0.1, 0.15) is 18.9 Å². The van der Waals surface area contributed by atoms with E-state index in [1.165, 1.54) is 13.2 Å². The summed E-state index contributed by atoms with van der Waals surface area (Å²) in [6.07, 6.45) is 0.343. The second kappa shape index (κ2) is 7.00. The molecular weight excluding hydrogens is 254 g/mol. The fourth-order valence-corrected chi connectivity index (χ4v) is 2.29. The van der Waals surface area contributed by atoms with Crippen LogP contribution in [-0.2, 0) is 15.3 Å². The summed E-state index contributed by atoms with van der Waals surface area (Å²) in [6, 6.07) is 6.52. The predicted octanol–water partition coefficient (Wildman–Crippen LogP) is 2.78. The summed E-state index contributed by atoms with van der Waals surface area (Å²) in [7, 11) is 1.36. The largest absolute Gasteiger partial charge is 0.469 e. The van der Waals surface area contributed by atoms with Gasteiger partial charge in [0.25, 0.3) is 5.69 Å². The number of esters is 1. The number of ether oxygens (including phenoxy) is 1. The normalized spacial score (nSPS) is 11.9. The zero-order valence-corrected chi connectivity index (χ0v) is 11.1.